The van der Waals surface area contributed by atoms with E-state index in [0.717, 1.165) is 26.1 Å². The van der Waals surface area contributed by atoms with Gasteiger partial charge in [-0.2, -0.15) is 0 Å². The molecule has 20 heavy (non-hydrogen) atoms. The standard InChI is InChI=1S/C18H24N2/c1-4-5-6-10-20-11-9-17-12-16(7-8-18(17)20)14-19-13-15(2)3/h7-9,11-12,15,19H,6,10,13-14H2,1-3H3. The summed E-state index contributed by atoms with van der Waals surface area (Å²) >= 11 is 0. The van der Waals surface area contributed by atoms with Crippen LogP contribution in [0.15, 0.2) is 30.5 Å². The van der Waals surface area contributed by atoms with Crippen LogP contribution in [-0.2, 0) is 13.1 Å². The zero-order chi connectivity index (χ0) is 14.4. The summed E-state index contributed by atoms with van der Waals surface area (Å²) in [7, 11) is 0. The van der Waals surface area contributed by atoms with E-state index in [1.807, 2.05) is 6.92 Å². The minimum atomic E-state index is 0.694. The Labute approximate surface area is 122 Å². The number of nitrogens with zero attached hydrogens (tertiary/aromatic N) is 1. The maximum absolute atomic E-state index is 3.49. The molecule has 0 bridgehead atoms. The van der Waals surface area contributed by atoms with E-state index in [4.69, 9.17) is 0 Å². The SMILES string of the molecule is CC#CCCn1ccc2cc(CNCC(C)C)ccc21. The third-order valence-electron chi connectivity index (χ3n) is 3.37. The van der Waals surface area contributed by atoms with Crippen LogP contribution in [-0.4, -0.2) is 11.1 Å². The smallest absolute Gasteiger partial charge is 0.0480 e. The normalized spacial score (nSPS) is 10.8. The summed E-state index contributed by atoms with van der Waals surface area (Å²) in [6, 6.07) is 8.92. The lowest BCUT2D eigenvalue weighted by atomic mass is 10.1. The summed E-state index contributed by atoms with van der Waals surface area (Å²) in [6.07, 6.45) is 3.07. The average Bonchev–Trinajstić information content (AvgIpc) is 2.81. The van der Waals surface area contributed by atoms with Crippen LogP contribution >= 0.6 is 0 Å². The quantitative estimate of drug-likeness (QED) is 0.789. The molecule has 0 spiro atoms. The lowest BCUT2D eigenvalue weighted by Crippen LogP contribution is -2.18. The Kier molecular flexibility index (Phi) is 5.26. The van der Waals surface area contributed by atoms with Gasteiger partial charge in [0.25, 0.3) is 0 Å². The molecule has 0 amide bonds. The van der Waals surface area contributed by atoms with Crippen molar-refractivity contribution in [2.45, 2.75) is 40.3 Å². The summed E-state index contributed by atoms with van der Waals surface area (Å²) in [5.41, 5.74) is 2.65. The largest absolute Gasteiger partial charge is 0.347 e. The Morgan fingerprint density at radius 2 is 2.10 bits per heavy atom. The highest BCUT2D eigenvalue weighted by atomic mass is 14.9. The minimum Gasteiger partial charge on any atom is -0.347 e. The molecule has 0 radical (unpaired) electrons. The van der Waals surface area contributed by atoms with Crippen molar-refractivity contribution in [3.63, 3.8) is 0 Å². The van der Waals surface area contributed by atoms with Gasteiger partial charge < -0.3 is 9.88 Å². The molecular formula is C18H24N2. The molecule has 0 atom stereocenters. The summed E-state index contributed by atoms with van der Waals surface area (Å²) in [5.74, 6) is 6.76. The summed E-state index contributed by atoms with van der Waals surface area (Å²) in [5, 5.41) is 4.81. The van der Waals surface area contributed by atoms with Crippen molar-refractivity contribution in [1.29, 1.82) is 0 Å². The van der Waals surface area contributed by atoms with Gasteiger partial charge in [-0.05, 0) is 48.5 Å². The fourth-order valence-corrected chi connectivity index (χ4v) is 2.36. The molecule has 106 valence electrons. The van der Waals surface area contributed by atoms with Gasteiger partial charge in [0.15, 0.2) is 0 Å². The van der Waals surface area contributed by atoms with E-state index in [2.05, 4.69) is 66.0 Å². The summed E-state index contributed by atoms with van der Waals surface area (Å²) in [6.45, 7) is 9.33. The van der Waals surface area contributed by atoms with Gasteiger partial charge in [0, 0.05) is 31.2 Å². The van der Waals surface area contributed by atoms with Gasteiger partial charge in [0.05, 0.1) is 0 Å². The van der Waals surface area contributed by atoms with E-state index in [-0.39, 0.29) is 0 Å². The van der Waals surface area contributed by atoms with Gasteiger partial charge in [-0.15, -0.1) is 11.8 Å². The van der Waals surface area contributed by atoms with Gasteiger partial charge >= 0.3 is 0 Å². The molecule has 1 aromatic carbocycles. The maximum Gasteiger partial charge on any atom is 0.0480 e. The Balaban J connectivity index is 2.05. The third-order valence-corrected chi connectivity index (χ3v) is 3.37. The number of hydrogen-bond donors (Lipinski definition) is 1. The van der Waals surface area contributed by atoms with Crippen LogP contribution in [0.5, 0.6) is 0 Å². The van der Waals surface area contributed by atoms with Crippen LogP contribution in [0.25, 0.3) is 10.9 Å². The van der Waals surface area contributed by atoms with Crippen molar-refractivity contribution in [1.82, 2.24) is 9.88 Å². The summed E-state index contributed by atoms with van der Waals surface area (Å²) in [4.78, 5) is 0. The molecule has 1 heterocycles. The van der Waals surface area contributed by atoms with Crippen LogP contribution in [0.1, 0.15) is 32.8 Å². The number of aryl methyl sites for hydroxylation is 1. The van der Waals surface area contributed by atoms with Crippen molar-refractivity contribution in [3.8, 4) is 11.8 Å². The first-order valence-electron chi connectivity index (χ1n) is 7.39. The van der Waals surface area contributed by atoms with Crippen molar-refractivity contribution < 1.29 is 0 Å². The van der Waals surface area contributed by atoms with Crippen molar-refractivity contribution >= 4 is 10.9 Å². The Bertz CT molecular complexity index is 611. The van der Waals surface area contributed by atoms with Crippen molar-refractivity contribution in [2.24, 2.45) is 5.92 Å². The van der Waals surface area contributed by atoms with E-state index in [1.54, 1.807) is 0 Å². The number of hydrogen-bond acceptors (Lipinski definition) is 1. The lowest BCUT2D eigenvalue weighted by Gasteiger charge is -2.08. The molecule has 0 saturated heterocycles. The Morgan fingerprint density at radius 1 is 1.25 bits per heavy atom. The first-order chi connectivity index (χ1) is 9.70. The number of nitrogens with one attached hydrogen (secondary N) is 1. The van der Waals surface area contributed by atoms with Gasteiger partial charge in [-0.1, -0.05) is 19.9 Å². The van der Waals surface area contributed by atoms with Crippen LogP contribution in [0, 0.1) is 17.8 Å². The first-order valence-corrected chi connectivity index (χ1v) is 7.39. The molecule has 0 aliphatic rings. The first kappa shape index (κ1) is 14.7. The lowest BCUT2D eigenvalue weighted by molar-refractivity contribution is 0.552. The molecular weight excluding hydrogens is 244 g/mol. The molecule has 0 unspecified atom stereocenters. The number of rotatable bonds is 6. The molecule has 1 N–H and O–H groups in total. The molecule has 2 nitrogen and oxygen atoms in total. The van der Waals surface area contributed by atoms with Gasteiger partial charge in [-0.3, -0.25) is 0 Å². The Morgan fingerprint density at radius 3 is 2.85 bits per heavy atom. The molecule has 0 saturated carbocycles. The number of fused-ring (bicyclic) bond motifs is 1. The fourth-order valence-electron chi connectivity index (χ4n) is 2.36. The second-order valence-corrected chi connectivity index (χ2v) is 5.60. The highest BCUT2D eigenvalue weighted by Crippen LogP contribution is 2.18. The van der Waals surface area contributed by atoms with E-state index in [1.165, 1.54) is 16.5 Å². The monoisotopic (exact) mass is 268 g/mol. The average molecular weight is 268 g/mol. The van der Waals surface area contributed by atoms with Gasteiger partial charge in [0.2, 0.25) is 0 Å². The second kappa shape index (κ2) is 7.17. The molecule has 2 heteroatoms. The third kappa shape index (κ3) is 3.88. The second-order valence-electron chi connectivity index (χ2n) is 5.60. The van der Waals surface area contributed by atoms with Crippen molar-refractivity contribution in [3.05, 3.63) is 36.0 Å². The Hall–Kier alpha value is -1.72. The fraction of sp³-hybridized carbons (Fsp3) is 0.444. The number of aromatic nitrogens is 1. The molecule has 2 rings (SSSR count). The molecule has 0 fully saturated rings. The molecule has 2 aromatic rings. The minimum absolute atomic E-state index is 0.694. The molecule has 0 aliphatic heterocycles. The molecule has 1 aromatic heterocycles. The molecule has 0 aliphatic carbocycles. The van der Waals surface area contributed by atoms with E-state index in [9.17, 15) is 0 Å². The predicted octanol–water partition coefficient (Wildman–Crippen LogP) is 3.80. The topological polar surface area (TPSA) is 17.0 Å². The highest BCUT2D eigenvalue weighted by Gasteiger charge is 2.02. The van der Waals surface area contributed by atoms with Crippen LogP contribution in [0.2, 0.25) is 0 Å². The van der Waals surface area contributed by atoms with Crippen LogP contribution in [0.3, 0.4) is 0 Å². The van der Waals surface area contributed by atoms with E-state index in [0.29, 0.717) is 5.92 Å². The van der Waals surface area contributed by atoms with E-state index >= 15 is 0 Å². The van der Waals surface area contributed by atoms with Crippen molar-refractivity contribution in [2.75, 3.05) is 6.54 Å². The van der Waals surface area contributed by atoms with Crippen LogP contribution in [0.4, 0.5) is 0 Å². The van der Waals surface area contributed by atoms with Gasteiger partial charge in [-0.25, -0.2) is 0 Å². The zero-order valence-corrected chi connectivity index (χ0v) is 12.7. The number of benzene rings is 1. The summed E-state index contributed by atoms with van der Waals surface area (Å²) < 4.78 is 2.28. The maximum atomic E-state index is 3.49. The predicted molar refractivity (Wildman–Crippen MR) is 86.5 cm³/mol. The van der Waals surface area contributed by atoms with Gasteiger partial charge in [0.1, 0.15) is 0 Å². The zero-order valence-electron chi connectivity index (χ0n) is 12.7. The van der Waals surface area contributed by atoms with E-state index < -0.39 is 0 Å². The van der Waals surface area contributed by atoms with Crippen LogP contribution < -0.4 is 5.32 Å². The highest BCUT2D eigenvalue weighted by molar-refractivity contribution is 5.80.